The Labute approximate surface area is 123 Å². The number of nitrogens with zero attached hydrogens (tertiary/aromatic N) is 1. The first kappa shape index (κ1) is 14.8. The molecule has 0 fully saturated rings. The molecule has 0 spiro atoms. The second-order valence-corrected chi connectivity index (χ2v) is 6.02. The minimum absolute atomic E-state index is 0.0305. The van der Waals surface area contributed by atoms with E-state index in [-0.39, 0.29) is 10.6 Å². The molecule has 0 saturated heterocycles. The highest BCUT2D eigenvalue weighted by atomic mass is 32.2. The Bertz CT molecular complexity index is 810. The molecule has 5 N–H and O–H groups in total. The van der Waals surface area contributed by atoms with Crippen molar-refractivity contribution in [2.24, 2.45) is 5.14 Å². The molecule has 0 saturated carbocycles. The van der Waals surface area contributed by atoms with Crippen LogP contribution >= 0.6 is 0 Å². The van der Waals surface area contributed by atoms with Crippen LogP contribution in [0.4, 0.5) is 11.4 Å². The summed E-state index contributed by atoms with van der Waals surface area (Å²) in [5, 5.41) is 17.0. The fourth-order valence-electron chi connectivity index (χ4n) is 1.83. The molecular formula is C14H14N4O2S. The van der Waals surface area contributed by atoms with Crippen LogP contribution in [0.3, 0.4) is 0 Å². The van der Waals surface area contributed by atoms with Crippen molar-refractivity contribution < 1.29 is 8.42 Å². The molecular weight excluding hydrogens is 288 g/mol. The van der Waals surface area contributed by atoms with E-state index >= 15 is 0 Å². The Hall–Kier alpha value is -2.56. The lowest BCUT2D eigenvalue weighted by atomic mass is 10.1. The van der Waals surface area contributed by atoms with Crippen LogP contribution in [-0.2, 0) is 16.6 Å². The highest BCUT2D eigenvalue weighted by molar-refractivity contribution is 7.89. The van der Waals surface area contributed by atoms with E-state index < -0.39 is 10.0 Å². The third-order valence-electron chi connectivity index (χ3n) is 2.89. The van der Waals surface area contributed by atoms with Gasteiger partial charge in [0.15, 0.2) is 0 Å². The molecule has 0 atom stereocenters. The van der Waals surface area contributed by atoms with Gasteiger partial charge in [0.05, 0.1) is 27.9 Å². The summed E-state index contributed by atoms with van der Waals surface area (Å²) in [6.45, 7) is 0.467. The van der Waals surface area contributed by atoms with Crippen molar-refractivity contribution >= 4 is 21.4 Å². The van der Waals surface area contributed by atoms with Crippen LogP contribution in [0.1, 0.15) is 11.1 Å². The molecule has 0 aliphatic rings. The highest BCUT2D eigenvalue weighted by Gasteiger charge is 2.09. The van der Waals surface area contributed by atoms with Crippen molar-refractivity contribution in [1.82, 2.24) is 0 Å². The van der Waals surface area contributed by atoms with Gasteiger partial charge in [-0.15, -0.1) is 0 Å². The number of nitriles is 1. The predicted molar refractivity (Wildman–Crippen MR) is 80.7 cm³/mol. The number of hydrogen-bond donors (Lipinski definition) is 3. The number of sulfonamides is 1. The van der Waals surface area contributed by atoms with Crippen LogP contribution in [0.5, 0.6) is 0 Å². The smallest absolute Gasteiger partial charge is 0.238 e. The van der Waals surface area contributed by atoms with Gasteiger partial charge in [-0.2, -0.15) is 5.26 Å². The van der Waals surface area contributed by atoms with Crippen molar-refractivity contribution in [3.8, 4) is 6.07 Å². The van der Waals surface area contributed by atoms with E-state index in [1.165, 1.54) is 12.1 Å². The summed E-state index contributed by atoms with van der Waals surface area (Å²) in [5.74, 6) is 0. The number of nitrogens with one attached hydrogen (secondary N) is 1. The first-order valence-corrected chi connectivity index (χ1v) is 7.60. The number of nitrogen functional groups attached to an aromatic ring is 1. The van der Waals surface area contributed by atoms with Gasteiger partial charge in [0.2, 0.25) is 10.0 Å². The second kappa shape index (κ2) is 5.83. The van der Waals surface area contributed by atoms with Crippen molar-refractivity contribution in [3.05, 3.63) is 53.6 Å². The molecule has 0 bridgehead atoms. The molecule has 0 aliphatic carbocycles. The minimum atomic E-state index is -3.76. The quantitative estimate of drug-likeness (QED) is 0.737. The molecule has 2 aromatic rings. The van der Waals surface area contributed by atoms with Gasteiger partial charge in [0, 0.05) is 6.54 Å². The summed E-state index contributed by atoms with van der Waals surface area (Å²) in [4.78, 5) is -0.0305. The van der Waals surface area contributed by atoms with E-state index in [1.54, 1.807) is 24.3 Å². The lowest BCUT2D eigenvalue weighted by Gasteiger charge is -2.10. The van der Waals surface area contributed by atoms with Gasteiger partial charge in [-0.3, -0.25) is 0 Å². The molecule has 0 aromatic heterocycles. The first-order valence-electron chi connectivity index (χ1n) is 6.05. The SMILES string of the molecule is N#Cc1cccc(CNc2ccc(S(N)(=O)=O)cc2N)c1. The average Bonchev–Trinajstić information content (AvgIpc) is 2.45. The van der Waals surface area contributed by atoms with E-state index in [4.69, 9.17) is 16.1 Å². The van der Waals surface area contributed by atoms with E-state index in [1.807, 2.05) is 6.07 Å². The zero-order valence-corrected chi connectivity index (χ0v) is 11.9. The number of benzene rings is 2. The summed E-state index contributed by atoms with van der Waals surface area (Å²) < 4.78 is 22.4. The second-order valence-electron chi connectivity index (χ2n) is 4.46. The number of nitrogens with two attached hydrogens (primary N) is 2. The van der Waals surface area contributed by atoms with Gasteiger partial charge in [0.25, 0.3) is 0 Å². The summed E-state index contributed by atoms with van der Waals surface area (Å²) in [7, 11) is -3.76. The normalized spacial score (nSPS) is 10.9. The zero-order valence-electron chi connectivity index (χ0n) is 11.1. The van der Waals surface area contributed by atoms with Gasteiger partial charge in [-0.25, -0.2) is 13.6 Å². The summed E-state index contributed by atoms with van der Waals surface area (Å²) in [6, 6.07) is 13.5. The molecule has 2 rings (SSSR count). The number of anilines is 2. The van der Waals surface area contributed by atoms with E-state index in [0.717, 1.165) is 5.56 Å². The fourth-order valence-corrected chi connectivity index (χ4v) is 2.38. The fraction of sp³-hybridized carbons (Fsp3) is 0.0714. The van der Waals surface area contributed by atoms with Crippen LogP contribution in [-0.4, -0.2) is 8.42 Å². The Morgan fingerprint density at radius 2 is 1.95 bits per heavy atom. The zero-order chi connectivity index (χ0) is 15.5. The predicted octanol–water partition coefficient (Wildman–Crippen LogP) is 1.40. The lowest BCUT2D eigenvalue weighted by Crippen LogP contribution is -2.13. The van der Waals surface area contributed by atoms with Crippen LogP contribution in [0.15, 0.2) is 47.4 Å². The van der Waals surface area contributed by atoms with E-state index in [0.29, 0.717) is 17.8 Å². The van der Waals surface area contributed by atoms with Crippen molar-refractivity contribution in [1.29, 1.82) is 5.26 Å². The largest absolute Gasteiger partial charge is 0.397 e. The van der Waals surface area contributed by atoms with Gasteiger partial charge >= 0.3 is 0 Å². The van der Waals surface area contributed by atoms with Gasteiger partial charge < -0.3 is 11.1 Å². The molecule has 6 nitrogen and oxygen atoms in total. The van der Waals surface area contributed by atoms with Gasteiger partial charge in [-0.1, -0.05) is 12.1 Å². The lowest BCUT2D eigenvalue weighted by molar-refractivity contribution is 0.598. The van der Waals surface area contributed by atoms with Gasteiger partial charge in [-0.05, 0) is 35.9 Å². The topological polar surface area (TPSA) is 122 Å². The number of primary sulfonamides is 1. The van der Waals surface area contributed by atoms with Crippen LogP contribution in [0.2, 0.25) is 0 Å². The average molecular weight is 302 g/mol. The molecule has 0 radical (unpaired) electrons. The third-order valence-corrected chi connectivity index (χ3v) is 3.80. The molecule has 0 unspecified atom stereocenters. The highest BCUT2D eigenvalue weighted by Crippen LogP contribution is 2.22. The number of hydrogen-bond acceptors (Lipinski definition) is 5. The standard InChI is InChI=1S/C14H14N4O2S/c15-8-10-2-1-3-11(6-10)9-18-14-5-4-12(7-13(14)16)21(17,19)20/h1-7,18H,9,16H2,(H2,17,19,20). The van der Waals surface area contributed by atoms with Gasteiger partial charge in [0.1, 0.15) is 0 Å². The monoisotopic (exact) mass is 302 g/mol. The maximum absolute atomic E-state index is 11.2. The van der Waals surface area contributed by atoms with Crippen LogP contribution < -0.4 is 16.2 Å². The van der Waals surface area contributed by atoms with Crippen molar-refractivity contribution in [2.45, 2.75) is 11.4 Å². The van der Waals surface area contributed by atoms with Crippen LogP contribution in [0.25, 0.3) is 0 Å². The van der Waals surface area contributed by atoms with Crippen LogP contribution in [0, 0.1) is 11.3 Å². The van der Waals surface area contributed by atoms with E-state index in [2.05, 4.69) is 11.4 Å². The Morgan fingerprint density at radius 3 is 2.57 bits per heavy atom. The summed E-state index contributed by atoms with van der Waals surface area (Å²) in [6.07, 6.45) is 0. The first-order chi connectivity index (χ1) is 9.90. The molecule has 2 aromatic carbocycles. The number of rotatable bonds is 4. The van der Waals surface area contributed by atoms with Crippen molar-refractivity contribution in [2.75, 3.05) is 11.1 Å². The Morgan fingerprint density at radius 1 is 1.19 bits per heavy atom. The molecule has 21 heavy (non-hydrogen) atoms. The minimum Gasteiger partial charge on any atom is -0.397 e. The molecule has 0 heterocycles. The Balaban J connectivity index is 2.15. The summed E-state index contributed by atoms with van der Waals surface area (Å²) >= 11 is 0. The summed E-state index contributed by atoms with van der Waals surface area (Å²) in [5.41, 5.74) is 8.19. The molecule has 108 valence electrons. The van der Waals surface area contributed by atoms with E-state index in [9.17, 15) is 8.42 Å². The maximum atomic E-state index is 11.2. The molecule has 7 heteroatoms. The Kier molecular flexibility index (Phi) is 4.12. The molecule has 0 amide bonds. The maximum Gasteiger partial charge on any atom is 0.238 e. The third kappa shape index (κ3) is 3.72. The van der Waals surface area contributed by atoms with Crippen molar-refractivity contribution in [3.63, 3.8) is 0 Å². The molecule has 0 aliphatic heterocycles.